The molecule has 1 aliphatic carbocycles. The van der Waals surface area contributed by atoms with Crippen molar-refractivity contribution in [3.05, 3.63) is 0 Å². The second-order valence-corrected chi connectivity index (χ2v) is 4.19. The molecule has 2 bridgehead atoms. The Morgan fingerprint density at radius 2 is 1.92 bits per heavy atom. The number of carbonyl (C=O) groups is 1. The highest BCUT2D eigenvalue weighted by atomic mass is 16.4. The van der Waals surface area contributed by atoms with E-state index in [2.05, 4.69) is 5.32 Å². The predicted molar refractivity (Wildman–Crippen MR) is 46.3 cm³/mol. The summed E-state index contributed by atoms with van der Waals surface area (Å²) in [6, 6.07) is 0. The second-order valence-electron chi connectivity index (χ2n) is 4.19. The Morgan fingerprint density at radius 1 is 1.38 bits per heavy atom. The highest BCUT2D eigenvalue weighted by Gasteiger charge is 2.51. The number of hydrogen-bond acceptors (Lipinski definition) is 3. The minimum Gasteiger partial charge on any atom is -0.481 e. The van der Waals surface area contributed by atoms with Crippen molar-refractivity contribution >= 4 is 5.97 Å². The summed E-state index contributed by atoms with van der Waals surface area (Å²) in [6.07, 6.45) is 1.83. The molecule has 1 aliphatic heterocycles. The van der Waals surface area contributed by atoms with Gasteiger partial charge in [-0.05, 0) is 12.8 Å². The Hall–Kier alpha value is -0.610. The van der Waals surface area contributed by atoms with Crippen LogP contribution in [0.5, 0.6) is 0 Å². The van der Waals surface area contributed by atoms with Gasteiger partial charge in [0.1, 0.15) is 0 Å². The number of aliphatic carboxylic acids is 1. The molecule has 1 saturated carbocycles. The van der Waals surface area contributed by atoms with E-state index in [1.165, 1.54) is 0 Å². The van der Waals surface area contributed by atoms with Gasteiger partial charge in [-0.25, -0.2) is 0 Å². The first kappa shape index (κ1) is 8.97. The van der Waals surface area contributed by atoms with Gasteiger partial charge in [-0.1, -0.05) is 0 Å². The van der Waals surface area contributed by atoms with Crippen molar-refractivity contribution in [3.8, 4) is 0 Å². The molecule has 2 atom stereocenters. The second kappa shape index (κ2) is 2.96. The van der Waals surface area contributed by atoms with Crippen LogP contribution in [-0.4, -0.2) is 34.9 Å². The Kier molecular flexibility index (Phi) is 2.04. The lowest BCUT2D eigenvalue weighted by atomic mass is 9.79. The molecule has 74 valence electrons. The lowest BCUT2D eigenvalue weighted by Gasteiger charge is -2.38. The monoisotopic (exact) mass is 185 g/mol. The van der Waals surface area contributed by atoms with E-state index in [1.807, 2.05) is 0 Å². The number of nitrogens with one attached hydrogen (secondary N) is 1. The van der Waals surface area contributed by atoms with Gasteiger partial charge >= 0.3 is 5.97 Å². The van der Waals surface area contributed by atoms with E-state index in [0.29, 0.717) is 0 Å². The molecule has 0 aromatic rings. The fourth-order valence-corrected chi connectivity index (χ4v) is 2.76. The molecule has 2 unspecified atom stereocenters. The van der Waals surface area contributed by atoms with Crippen molar-refractivity contribution < 1.29 is 15.0 Å². The van der Waals surface area contributed by atoms with Crippen LogP contribution in [-0.2, 0) is 4.79 Å². The zero-order valence-corrected chi connectivity index (χ0v) is 7.49. The topological polar surface area (TPSA) is 69.6 Å². The summed E-state index contributed by atoms with van der Waals surface area (Å²) in [4.78, 5) is 10.6. The number of piperidine rings is 1. The summed E-state index contributed by atoms with van der Waals surface area (Å²) in [5.74, 6) is -0.606. The van der Waals surface area contributed by atoms with E-state index in [1.54, 1.807) is 0 Å². The van der Waals surface area contributed by atoms with Crippen molar-refractivity contribution in [2.24, 2.45) is 11.8 Å². The highest BCUT2D eigenvalue weighted by molar-refractivity contribution is 5.68. The Morgan fingerprint density at radius 3 is 2.38 bits per heavy atom. The zero-order valence-electron chi connectivity index (χ0n) is 7.49. The average molecular weight is 185 g/mol. The van der Waals surface area contributed by atoms with E-state index < -0.39 is 11.6 Å². The molecule has 0 amide bonds. The first-order valence-corrected chi connectivity index (χ1v) is 4.78. The maximum Gasteiger partial charge on any atom is 0.306 e. The number of aliphatic hydroxyl groups is 1. The van der Waals surface area contributed by atoms with Gasteiger partial charge in [0, 0.05) is 24.9 Å². The largest absolute Gasteiger partial charge is 0.481 e. The van der Waals surface area contributed by atoms with Crippen LogP contribution in [0.25, 0.3) is 0 Å². The Bertz CT molecular complexity index is 213. The number of carboxylic acids is 1. The minimum absolute atomic E-state index is 0.0932. The molecular weight excluding hydrogens is 170 g/mol. The number of fused-ring (bicyclic) bond motifs is 2. The first-order valence-electron chi connectivity index (χ1n) is 4.78. The normalized spacial score (nSPS) is 43.5. The van der Waals surface area contributed by atoms with Gasteiger partial charge in [-0.15, -0.1) is 0 Å². The SMILES string of the molecule is O=C(O)CC1(O)C2CCC1CNC2. The summed E-state index contributed by atoms with van der Waals surface area (Å²) < 4.78 is 0. The van der Waals surface area contributed by atoms with Crippen LogP contribution in [0.2, 0.25) is 0 Å². The molecule has 3 N–H and O–H groups in total. The summed E-state index contributed by atoms with van der Waals surface area (Å²) in [6.45, 7) is 1.53. The summed E-state index contributed by atoms with van der Waals surface area (Å²) in [5, 5.41) is 22.2. The standard InChI is InChI=1S/C9H15NO3/c11-8(12)3-9(13)6-1-2-7(9)5-10-4-6/h6-7,10,13H,1-5H2,(H,11,12). The maximum absolute atomic E-state index is 10.6. The van der Waals surface area contributed by atoms with E-state index in [4.69, 9.17) is 5.11 Å². The molecule has 0 spiro atoms. The fourth-order valence-electron chi connectivity index (χ4n) is 2.76. The van der Waals surface area contributed by atoms with Crippen molar-refractivity contribution in [1.82, 2.24) is 5.32 Å². The van der Waals surface area contributed by atoms with Crippen molar-refractivity contribution in [2.45, 2.75) is 24.9 Å². The minimum atomic E-state index is -0.933. The summed E-state index contributed by atoms with van der Waals surface area (Å²) in [5.41, 5.74) is -0.933. The quantitative estimate of drug-likeness (QED) is 0.558. The number of rotatable bonds is 2. The third-order valence-electron chi connectivity index (χ3n) is 3.49. The smallest absolute Gasteiger partial charge is 0.306 e. The summed E-state index contributed by atoms with van der Waals surface area (Å²) in [7, 11) is 0. The molecule has 1 heterocycles. The van der Waals surface area contributed by atoms with Crippen LogP contribution in [0.1, 0.15) is 19.3 Å². The van der Waals surface area contributed by atoms with E-state index in [-0.39, 0.29) is 18.3 Å². The van der Waals surface area contributed by atoms with Gasteiger partial charge in [0.05, 0.1) is 12.0 Å². The Labute approximate surface area is 76.9 Å². The summed E-state index contributed by atoms with van der Waals surface area (Å²) >= 11 is 0. The lowest BCUT2D eigenvalue weighted by Crippen LogP contribution is -2.53. The molecule has 0 radical (unpaired) electrons. The van der Waals surface area contributed by atoms with E-state index in [9.17, 15) is 9.90 Å². The number of carboxylic acid groups (broad SMARTS) is 1. The van der Waals surface area contributed by atoms with Gasteiger partial charge in [0.15, 0.2) is 0 Å². The van der Waals surface area contributed by atoms with Crippen molar-refractivity contribution in [3.63, 3.8) is 0 Å². The van der Waals surface area contributed by atoms with E-state index >= 15 is 0 Å². The maximum atomic E-state index is 10.6. The van der Waals surface area contributed by atoms with Crippen molar-refractivity contribution in [2.75, 3.05) is 13.1 Å². The molecule has 0 aromatic heterocycles. The first-order chi connectivity index (χ1) is 6.13. The average Bonchev–Trinajstić information content (AvgIpc) is 2.27. The van der Waals surface area contributed by atoms with Gasteiger partial charge in [0.2, 0.25) is 0 Å². The predicted octanol–water partition coefficient (Wildman–Crippen LogP) is -0.178. The molecular formula is C9H15NO3. The molecule has 2 aliphatic rings. The van der Waals surface area contributed by atoms with Crippen LogP contribution < -0.4 is 5.32 Å². The third kappa shape index (κ3) is 1.34. The zero-order chi connectivity index (χ0) is 9.47. The van der Waals surface area contributed by atoms with Crippen LogP contribution in [0.15, 0.2) is 0 Å². The molecule has 1 saturated heterocycles. The molecule has 2 rings (SSSR count). The molecule has 0 aromatic carbocycles. The van der Waals surface area contributed by atoms with Crippen molar-refractivity contribution in [1.29, 1.82) is 0 Å². The molecule has 13 heavy (non-hydrogen) atoms. The third-order valence-corrected chi connectivity index (χ3v) is 3.49. The van der Waals surface area contributed by atoms with Crippen LogP contribution in [0.4, 0.5) is 0 Å². The van der Waals surface area contributed by atoms with Crippen LogP contribution in [0, 0.1) is 11.8 Å². The number of hydrogen-bond donors (Lipinski definition) is 3. The van der Waals surface area contributed by atoms with Crippen LogP contribution in [0.3, 0.4) is 0 Å². The van der Waals surface area contributed by atoms with Gasteiger partial charge in [0.25, 0.3) is 0 Å². The molecule has 2 fully saturated rings. The Balaban J connectivity index is 2.16. The molecule has 4 heteroatoms. The van der Waals surface area contributed by atoms with Crippen LogP contribution >= 0.6 is 0 Å². The van der Waals surface area contributed by atoms with E-state index in [0.717, 1.165) is 25.9 Å². The molecule has 4 nitrogen and oxygen atoms in total. The highest BCUT2D eigenvalue weighted by Crippen LogP contribution is 2.44. The van der Waals surface area contributed by atoms with Gasteiger partial charge in [-0.3, -0.25) is 4.79 Å². The van der Waals surface area contributed by atoms with Gasteiger partial charge in [-0.2, -0.15) is 0 Å². The van der Waals surface area contributed by atoms with Gasteiger partial charge < -0.3 is 15.5 Å². The lowest BCUT2D eigenvalue weighted by molar-refractivity contribution is -0.147. The fraction of sp³-hybridized carbons (Fsp3) is 0.889.